The van der Waals surface area contributed by atoms with Crippen LogP contribution in [0.5, 0.6) is 0 Å². The van der Waals surface area contributed by atoms with Gasteiger partial charge >= 0.3 is 0 Å². The minimum absolute atomic E-state index is 0.279. The summed E-state index contributed by atoms with van der Waals surface area (Å²) in [5, 5.41) is 10.3. The van der Waals surface area contributed by atoms with Crippen LogP contribution in [0, 0.1) is 0 Å². The van der Waals surface area contributed by atoms with Crippen LogP contribution < -0.4 is 4.90 Å². The van der Waals surface area contributed by atoms with Gasteiger partial charge in [-0.25, -0.2) is 0 Å². The maximum Gasteiger partial charge on any atom is 0.0762 e. The molecule has 1 aliphatic carbocycles. The summed E-state index contributed by atoms with van der Waals surface area (Å²) in [6.07, 6.45) is 3.31. The van der Waals surface area contributed by atoms with E-state index in [1.807, 2.05) is 18.2 Å². The van der Waals surface area contributed by atoms with Gasteiger partial charge in [0, 0.05) is 19.1 Å². The van der Waals surface area contributed by atoms with Crippen molar-refractivity contribution in [2.45, 2.75) is 37.8 Å². The highest BCUT2D eigenvalue weighted by Gasteiger charge is 2.40. The summed E-state index contributed by atoms with van der Waals surface area (Å²) in [6.45, 7) is 2.73. The van der Waals surface area contributed by atoms with Gasteiger partial charge in [-0.15, -0.1) is 0 Å². The molecule has 0 amide bonds. The van der Waals surface area contributed by atoms with E-state index in [-0.39, 0.29) is 5.54 Å². The number of hydrogen-bond donors (Lipinski definition) is 1. The second-order valence-corrected chi connectivity index (χ2v) is 6.62. The molecule has 0 aromatic heterocycles. The summed E-state index contributed by atoms with van der Waals surface area (Å²) >= 11 is 6.37. The van der Waals surface area contributed by atoms with Crippen LogP contribution in [-0.4, -0.2) is 43.2 Å². The highest BCUT2D eigenvalue weighted by Crippen LogP contribution is 2.38. The number of halogens is 1. The summed E-state index contributed by atoms with van der Waals surface area (Å²) in [7, 11) is 6.41. The molecule has 1 aliphatic rings. The van der Waals surface area contributed by atoms with Crippen LogP contribution in [-0.2, 0) is 0 Å². The van der Waals surface area contributed by atoms with Gasteiger partial charge in [0.2, 0.25) is 0 Å². The van der Waals surface area contributed by atoms with E-state index in [4.69, 9.17) is 11.6 Å². The Morgan fingerprint density at radius 1 is 1.30 bits per heavy atom. The maximum atomic E-state index is 9.61. The second kappa shape index (κ2) is 5.92. The van der Waals surface area contributed by atoms with Crippen LogP contribution in [0.3, 0.4) is 0 Å². The van der Waals surface area contributed by atoms with Crippen molar-refractivity contribution in [1.82, 2.24) is 4.90 Å². The molecular weight excluding hydrogens is 272 g/mol. The van der Waals surface area contributed by atoms with Gasteiger partial charge in [0.05, 0.1) is 16.8 Å². The molecule has 1 aromatic rings. The van der Waals surface area contributed by atoms with Crippen molar-refractivity contribution in [3.63, 3.8) is 0 Å². The van der Waals surface area contributed by atoms with E-state index in [0.29, 0.717) is 5.02 Å². The van der Waals surface area contributed by atoms with Crippen LogP contribution in [0.4, 0.5) is 5.69 Å². The number of rotatable bonds is 5. The molecule has 3 nitrogen and oxygen atoms in total. The molecule has 0 saturated heterocycles. The van der Waals surface area contributed by atoms with Crippen molar-refractivity contribution in [3.05, 3.63) is 28.8 Å². The van der Waals surface area contributed by atoms with Crippen LogP contribution >= 0.6 is 11.6 Å². The molecule has 4 heteroatoms. The molecule has 1 saturated carbocycles. The molecule has 1 N–H and O–H groups in total. The first-order valence-corrected chi connectivity index (χ1v) is 7.59. The van der Waals surface area contributed by atoms with E-state index in [2.05, 4.69) is 30.9 Å². The van der Waals surface area contributed by atoms with Gasteiger partial charge < -0.3 is 14.9 Å². The standard InChI is InChI=1S/C16H25ClN2O/c1-12(20)13-6-7-15(14(17)10-13)19(4)11-16(18(2)3)8-5-9-16/h6-7,10,12,20H,5,8-9,11H2,1-4H3. The number of aliphatic hydroxyl groups is 1. The Kier molecular flexibility index (Phi) is 4.62. The first kappa shape index (κ1) is 15.6. The molecule has 20 heavy (non-hydrogen) atoms. The topological polar surface area (TPSA) is 26.7 Å². The van der Waals surface area contributed by atoms with Crippen molar-refractivity contribution in [3.8, 4) is 0 Å². The summed E-state index contributed by atoms with van der Waals surface area (Å²) in [6, 6.07) is 5.82. The Bertz CT molecular complexity index is 470. The molecule has 0 aliphatic heterocycles. The zero-order chi connectivity index (χ0) is 14.9. The Balaban J connectivity index is 2.15. The van der Waals surface area contributed by atoms with Crippen molar-refractivity contribution in [1.29, 1.82) is 0 Å². The van der Waals surface area contributed by atoms with Crippen molar-refractivity contribution in [2.75, 3.05) is 32.6 Å². The first-order chi connectivity index (χ1) is 9.35. The zero-order valence-corrected chi connectivity index (χ0v) is 13.6. The predicted molar refractivity (Wildman–Crippen MR) is 85.6 cm³/mol. The molecule has 0 bridgehead atoms. The molecule has 1 aromatic carbocycles. The van der Waals surface area contributed by atoms with Crippen LogP contribution in [0.25, 0.3) is 0 Å². The molecular formula is C16H25ClN2O. The van der Waals surface area contributed by atoms with E-state index in [1.54, 1.807) is 6.92 Å². The molecule has 1 atom stereocenters. The molecule has 0 heterocycles. The lowest BCUT2D eigenvalue weighted by Gasteiger charge is -2.49. The average Bonchev–Trinajstić information content (AvgIpc) is 2.32. The second-order valence-electron chi connectivity index (χ2n) is 6.22. The van der Waals surface area contributed by atoms with Gasteiger partial charge in [0.15, 0.2) is 0 Å². The molecule has 1 unspecified atom stereocenters. The molecule has 0 radical (unpaired) electrons. The normalized spacial score (nSPS) is 18.8. The van der Waals surface area contributed by atoms with Crippen molar-refractivity contribution >= 4 is 17.3 Å². The van der Waals surface area contributed by atoms with E-state index >= 15 is 0 Å². The lowest BCUT2D eigenvalue weighted by molar-refractivity contribution is 0.0683. The monoisotopic (exact) mass is 296 g/mol. The predicted octanol–water partition coefficient (Wildman–Crippen LogP) is 3.31. The Morgan fingerprint density at radius 3 is 2.35 bits per heavy atom. The van der Waals surface area contributed by atoms with E-state index in [9.17, 15) is 5.11 Å². The third-order valence-corrected chi connectivity index (χ3v) is 4.93. The number of anilines is 1. The van der Waals surface area contributed by atoms with Gasteiger partial charge in [0.1, 0.15) is 0 Å². The van der Waals surface area contributed by atoms with Gasteiger partial charge in [-0.05, 0) is 58.0 Å². The average molecular weight is 297 g/mol. The van der Waals surface area contributed by atoms with Gasteiger partial charge in [-0.3, -0.25) is 0 Å². The number of benzene rings is 1. The fraction of sp³-hybridized carbons (Fsp3) is 0.625. The van der Waals surface area contributed by atoms with Crippen LogP contribution in [0.2, 0.25) is 5.02 Å². The SMILES string of the molecule is CC(O)c1ccc(N(C)CC2(N(C)C)CCC2)c(Cl)c1. The van der Waals surface area contributed by atoms with Crippen molar-refractivity contribution in [2.24, 2.45) is 0 Å². The van der Waals surface area contributed by atoms with Gasteiger partial charge in [0.25, 0.3) is 0 Å². The Morgan fingerprint density at radius 2 is 1.95 bits per heavy atom. The number of likely N-dealkylation sites (N-methyl/N-ethyl adjacent to an activating group) is 2. The van der Waals surface area contributed by atoms with Crippen molar-refractivity contribution < 1.29 is 5.11 Å². The lowest BCUT2D eigenvalue weighted by Crippen LogP contribution is -2.56. The van der Waals surface area contributed by atoms with E-state index in [0.717, 1.165) is 17.8 Å². The number of aliphatic hydroxyl groups excluding tert-OH is 1. The highest BCUT2D eigenvalue weighted by atomic mass is 35.5. The maximum absolute atomic E-state index is 9.61. The molecule has 2 rings (SSSR count). The quantitative estimate of drug-likeness (QED) is 0.903. The lowest BCUT2D eigenvalue weighted by atomic mass is 9.75. The molecule has 1 fully saturated rings. The Hall–Kier alpha value is -0.770. The van der Waals surface area contributed by atoms with Gasteiger partial charge in [-0.2, -0.15) is 0 Å². The smallest absolute Gasteiger partial charge is 0.0762 e. The van der Waals surface area contributed by atoms with Gasteiger partial charge in [-0.1, -0.05) is 17.7 Å². The summed E-state index contributed by atoms with van der Waals surface area (Å²) in [4.78, 5) is 4.57. The largest absolute Gasteiger partial charge is 0.389 e. The van der Waals surface area contributed by atoms with E-state index < -0.39 is 6.10 Å². The summed E-state index contributed by atoms with van der Waals surface area (Å²) in [5.41, 5.74) is 2.17. The Labute approximate surface area is 127 Å². The number of hydrogen-bond acceptors (Lipinski definition) is 3. The fourth-order valence-electron chi connectivity index (χ4n) is 2.95. The summed E-state index contributed by atoms with van der Waals surface area (Å²) in [5.74, 6) is 0. The highest BCUT2D eigenvalue weighted by molar-refractivity contribution is 6.33. The van der Waals surface area contributed by atoms with E-state index in [1.165, 1.54) is 19.3 Å². The zero-order valence-electron chi connectivity index (χ0n) is 12.9. The number of nitrogens with zero attached hydrogens (tertiary/aromatic N) is 2. The molecule has 0 spiro atoms. The molecule has 112 valence electrons. The van der Waals surface area contributed by atoms with Crippen LogP contribution in [0.15, 0.2) is 18.2 Å². The van der Waals surface area contributed by atoms with Crippen LogP contribution in [0.1, 0.15) is 37.9 Å². The first-order valence-electron chi connectivity index (χ1n) is 7.22. The minimum atomic E-state index is -0.480. The fourth-order valence-corrected chi connectivity index (χ4v) is 3.28. The minimum Gasteiger partial charge on any atom is -0.389 e. The summed E-state index contributed by atoms with van der Waals surface area (Å²) < 4.78 is 0. The third-order valence-electron chi connectivity index (χ3n) is 4.63. The third kappa shape index (κ3) is 2.95.